The SMILES string of the molecule is CC(C)C(=O)N1CCC(c2ccc(NC(=O)Cc3ccn4ccnc4c3)cc2)CC1. The van der Waals surface area contributed by atoms with Crippen LogP contribution in [0.25, 0.3) is 5.65 Å². The van der Waals surface area contributed by atoms with Gasteiger partial charge in [0.05, 0.1) is 6.42 Å². The average Bonchev–Trinajstić information content (AvgIpc) is 3.21. The van der Waals surface area contributed by atoms with Crippen molar-refractivity contribution in [3.8, 4) is 0 Å². The molecule has 6 nitrogen and oxygen atoms in total. The molecule has 0 saturated carbocycles. The summed E-state index contributed by atoms with van der Waals surface area (Å²) in [5.41, 5.74) is 3.85. The highest BCUT2D eigenvalue weighted by Gasteiger charge is 2.25. The Kier molecular flexibility index (Phi) is 5.84. The molecule has 0 atom stereocenters. The molecule has 0 radical (unpaired) electrons. The van der Waals surface area contributed by atoms with E-state index in [0.717, 1.165) is 42.8 Å². The molecule has 3 heterocycles. The van der Waals surface area contributed by atoms with Gasteiger partial charge in [0.25, 0.3) is 0 Å². The molecule has 1 aliphatic heterocycles. The number of amides is 2. The summed E-state index contributed by atoms with van der Waals surface area (Å²) in [6.07, 6.45) is 7.83. The second-order valence-electron chi connectivity index (χ2n) is 8.33. The largest absolute Gasteiger partial charge is 0.342 e. The minimum absolute atomic E-state index is 0.0424. The van der Waals surface area contributed by atoms with E-state index >= 15 is 0 Å². The Morgan fingerprint density at radius 2 is 1.83 bits per heavy atom. The lowest BCUT2D eigenvalue weighted by molar-refractivity contribution is -0.135. The maximum atomic E-state index is 12.4. The van der Waals surface area contributed by atoms with Crippen LogP contribution >= 0.6 is 0 Å². The predicted molar refractivity (Wildman–Crippen MR) is 117 cm³/mol. The third kappa shape index (κ3) is 4.53. The third-order valence-corrected chi connectivity index (χ3v) is 5.79. The Morgan fingerprint density at radius 3 is 2.53 bits per heavy atom. The minimum Gasteiger partial charge on any atom is -0.342 e. The molecule has 1 fully saturated rings. The van der Waals surface area contributed by atoms with Crippen molar-refractivity contribution in [1.29, 1.82) is 0 Å². The summed E-state index contributed by atoms with van der Waals surface area (Å²) in [6.45, 7) is 5.55. The molecule has 1 saturated heterocycles. The smallest absolute Gasteiger partial charge is 0.228 e. The lowest BCUT2D eigenvalue weighted by Crippen LogP contribution is -2.40. The monoisotopic (exact) mass is 404 g/mol. The van der Waals surface area contributed by atoms with Gasteiger partial charge in [0.1, 0.15) is 5.65 Å². The van der Waals surface area contributed by atoms with Crippen LogP contribution in [0.3, 0.4) is 0 Å². The summed E-state index contributed by atoms with van der Waals surface area (Å²) in [4.78, 5) is 30.8. The van der Waals surface area contributed by atoms with Gasteiger partial charge in [-0.1, -0.05) is 26.0 Å². The van der Waals surface area contributed by atoms with Gasteiger partial charge in [-0.3, -0.25) is 9.59 Å². The predicted octanol–water partition coefficient (Wildman–Crippen LogP) is 3.88. The van der Waals surface area contributed by atoms with Crippen molar-refractivity contribution < 1.29 is 9.59 Å². The third-order valence-electron chi connectivity index (χ3n) is 5.79. The van der Waals surface area contributed by atoms with E-state index in [1.54, 1.807) is 6.20 Å². The Morgan fingerprint density at radius 1 is 1.10 bits per heavy atom. The highest BCUT2D eigenvalue weighted by molar-refractivity contribution is 5.92. The van der Waals surface area contributed by atoms with E-state index < -0.39 is 0 Å². The van der Waals surface area contributed by atoms with Crippen molar-refractivity contribution in [2.45, 2.75) is 39.0 Å². The summed E-state index contributed by atoms with van der Waals surface area (Å²) in [5.74, 6) is 0.732. The van der Waals surface area contributed by atoms with Crippen LogP contribution < -0.4 is 5.32 Å². The standard InChI is InChI=1S/C24H28N4O2/c1-17(2)24(30)28-12-8-20(9-13-28)19-3-5-21(6-4-19)26-23(29)16-18-7-11-27-14-10-25-22(27)15-18/h3-7,10-11,14-15,17,20H,8-9,12-13,16H2,1-2H3,(H,26,29). The molecular weight excluding hydrogens is 376 g/mol. The number of benzene rings is 1. The van der Waals surface area contributed by atoms with E-state index in [1.807, 2.05) is 59.8 Å². The first-order valence-electron chi connectivity index (χ1n) is 10.6. The van der Waals surface area contributed by atoms with Gasteiger partial charge in [-0.15, -0.1) is 0 Å². The Labute approximate surface area is 176 Å². The summed E-state index contributed by atoms with van der Waals surface area (Å²) in [7, 11) is 0. The van der Waals surface area contributed by atoms with Crippen molar-refractivity contribution >= 4 is 23.1 Å². The molecule has 0 aliphatic carbocycles. The minimum atomic E-state index is -0.0424. The molecule has 1 N–H and O–H groups in total. The number of nitrogens with one attached hydrogen (secondary N) is 1. The highest BCUT2D eigenvalue weighted by atomic mass is 16.2. The molecule has 0 spiro atoms. The summed E-state index contributed by atoms with van der Waals surface area (Å²) in [6, 6.07) is 12.0. The number of rotatable bonds is 5. The van der Waals surface area contributed by atoms with Gasteiger partial charge in [0, 0.05) is 43.3 Å². The van der Waals surface area contributed by atoms with E-state index in [1.165, 1.54) is 5.56 Å². The first-order valence-corrected chi connectivity index (χ1v) is 10.6. The number of likely N-dealkylation sites (tertiary alicyclic amines) is 1. The van der Waals surface area contributed by atoms with Crippen LogP contribution in [0.2, 0.25) is 0 Å². The number of hydrogen-bond acceptors (Lipinski definition) is 3. The molecule has 1 aliphatic rings. The maximum Gasteiger partial charge on any atom is 0.228 e. The molecule has 0 unspecified atom stereocenters. The van der Waals surface area contributed by atoms with Crippen molar-refractivity contribution in [2.75, 3.05) is 18.4 Å². The van der Waals surface area contributed by atoms with E-state index in [9.17, 15) is 9.59 Å². The van der Waals surface area contributed by atoms with Gasteiger partial charge in [-0.2, -0.15) is 0 Å². The van der Waals surface area contributed by atoms with Crippen molar-refractivity contribution in [2.24, 2.45) is 5.92 Å². The topological polar surface area (TPSA) is 66.7 Å². The van der Waals surface area contributed by atoms with Gasteiger partial charge < -0.3 is 14.6 Å². The second kappa shape index (κ2) is 8.69. The number of hydrogen-bond donors (Lipinski definition) is 1. The van der Waals surface area contributed by atoms with E-state index in [2.05, 4.69) is 22.4 Å². The number of nitrogens with zero attached hydrogens (tertiary/aromatic N) is 3. The number of imidazole rings is 1. The number of pyridine rings is 1. The van der Waals surface area contributed by atoms with Crippen molar-refractivity contribution in [3.05, 3.63) is 66.1 Å². The van der Waals surface area contributed by atoms with Crippen LogP contribution in [0.4, 0.5) is 5.69 Å². The molecule has 1 aromatic carbocycles. The number of aromatic nitrogens is 2. The Balaban J connectivity index is 1.31. The Hall–Kier alpha value is -3.15. The van der Waals surface area contributed by atoms with Crippen LogP contribution in [0.5, 0.6) is 0 Å². The number of fused-ring (bicyclic) bond motifs is 1. The lowest BCUT2D eigenvalue weighted by Gasteiger charge is -2.33. The molecule has 30 heavy (non-hydrogen) atoms. The molecule has 0 bridgehead atoms. The zero-order valence-electron chi connectivity index (χ0n) is 17.5. The number of piperidine rings is 1. The molecule has 2 amide bonds. The molecular formula is C24H28N4O2. The summed E-state index contributed by atoms with van der Waals surface area (Å²) in [5, 5.41) is 2.98. The van der Waals surface area contributed by atoms with Gasteiger partial charge >= 0.3 is 0 Å². The first kappa shape index (κ1) is 20.1. The van der Waals surface area contributed by atoms with E-state index in [-0.39, 0.29) is 17.7 Å². The highest BCUT2D eigenvalue weighted by Crippen LogP contribution is 2.29. The van der Waals surface area contributed by atoms with E-state index in [0.29, 0.717) is 12.3 Å². The van der Waals surface area contributed by atoms with Gasteiger partial charge in [0.2, 0.25) is 11.8 Å². The van der Waals surface area contributed by atoms with Crippen LogP contribution in [0.15, 0.2) is 55.0 Å². The van der Waals surface area contributed by atoms with Crippen LogP contribution in [-0.4, -0.2) is 39.2 Å². The molecule has 6 heteroatoms. The zero-order chi connectivity index (χ0) is 21.1. The molecule has 156 valence electrons. The van der Waals surface area contributed by atoms with E-state index in [4.69, 9.17) is 0 Å². The van der Waals surface area contributed by atoms with Gasteiger partial charge in [-0.25, -0.2) is 4.98 Å². The number of carbonyl (C=O) groups is 2. The van der Waals surface area contributed by atoms with Gasteiger partial charge in [0.15, 0.2) is 0 Å². The molecule has 3 aromatic rings. The van der Waals surface area contributed by atoms with Crippen molar-refractivity contribution in [1.82, 2.24) is 14.3 Å². The fourth-order valence-corrected chi connectivity index (χ4v) is 4.09. The van der Waals surface area contributed by atoms with Crippen molar-refractivity contribution in [3.63, 3.8) is 0 Å². The zero-order valence-corrected chi connectivity index (χ0v) is 17.5. The second-order valence-corrected chi connectivity index (χ2v) is 8.33. The Bertz CT molecular complexity index is 1030. The average molecular weight is 405 g/mol. The molecule has 4 rings (SSSR count). The summed E-state index contributed by atoms with van der Waals surface area (Å²) < 4.78 is 1.92. The molecule has 2 aromatic heterocycles. The summed E-state index contributed by atoms with van der Waals surface area (Å²) >= 11 is 0. The van der Waals surface area contributed by atoms with Crippen LogP contribution in [0.1, 0.15) is 43.7 Å². The van der Waals surface area contributed by atoms with Gasteiger partial charge in [-0.05, 0) is 54.2 Å². The first-order chi connectivity index (χ1) is 14.5. The quantitative estimate of drug-likeness (QED) is 0.702. The van der Waals surface area contributed by atoms with Crippen LogP contribution in [0, 0.1) is 5.92 Å². The fraction of sp³-hybridized carbons (Fsp3) is 0.375. The number of anilines is 1. The van der Waals surface area contributed by atoms with Crippen LogP contribution in [-0.2, 0) is 16.0 Å². The maximum absolute atomic E-state index is 12.4. The normalized spacial score (nSPS) is 15.0. The fourth-order valence-electron chi connectivity index (χ4n) is 4.09. The lowest BCUT2D eigenvalue weighted by atomic mass is 9.89. The number of carbonyl (C=O) groups excluding carboxylic acids is 2.